The number of carbonyl (C=O) groups is 1. The highest BCUT2D eigenvalue weighted by Gasteiger charge is 2.09. The van der Waals surface area contributed by atoms with Gasteiger partial charge in [-0.25, -0.2) is 4.39 Å². The van der Waals surface area contributed by atoms with E-state index in [1.54, 1.807) is 48.2 Å². The zero-order chi connectivity index (χ0) is 19.5. The Kier molecular flexibility index (Phi) is 8.46. The predicted molar refractivity (Wildman–Crippen MR) is 103 cm³/mol. The number of nitrogens with one attached hydrogen (secondary N) is 1. The maximum Gasteiger partial charge on any atom is 0.257 e. The Morgan fingerprint density at radius 2 is 2.04 bits per heavy atom. The lowest BCUT2D eigenvalue weighted by Crippen LogP contribution is -2.30. The molecule has 2 rings (SSSR count). The first kappa shape index (κ1) is 20.6. The van der Waals surface area contributed by atoms with Gasteiger partial charge in [0.25, 0.3) is 5.91 Å². The van der Waals surface area contributed by atoms with Gasteiger partial charge in [-0.2, -0.15) is 17.0 Å². The summed E-state index contributed by atoms with van der Waals surface area (Å²) >= 11 is 1.54. The second-order valence-corrected chi connectivity index (χ2v) is 6.59. The summed E-state index contributed by atoms with van der Waals surface area (Å²) in [6.45, 7) is 2.57. The third-order valence-electron chi connectivity index (χ3n) is 3.52. The van der Waals surface area contributed by atoms with Crippen LogP contribution in [-0.4, -0.2) is 31.4 Å². The Labute approximate surface area is 162 Å². The molecule has 0 unspecified atom stereocenters. The van der Waals surface area contributed by atoms with E-state index in [9.17, 15) is 9.18 Å². The molecular weight excluding hydrogens is 367 g/mol. The number of carbonyl (C=O) groups excluding carboxylic acids is 1. The standard InChI is InChI=1S/C20H21FN2O3S/c1-2-25-19-11-15(12-22)7-8-18(19)26-13-20(24)23-9-10-27-14-16-5-3-4-6-17(16)21/h3-8,11H,2,9-10,13-14H2,1H3,(H,23,24). The van der Waals surface area contributed by atoms with E-state index in [2.05, 4.69) is 5.32 Å². The molecule has 2 aromatic carbocycles. The van der Waals surface area contributed by atoms with Crippen LogP contribution in [0.2, 0.25) is 0 Å². The van der Waals surface area contributed by atoms with Crippen molar-refractivity contribution in [1.29, 1.82) is 5.26 Å². The Balaban J connectivity index is 1.70. The number of hydrogen-bond acceptors (Lipinski definition) is 5. The summed E-state index contributed by atoms with van der Waals surface area (Å²) in [5.41, 5.74) is 1.11. The average molecular weight is 388 g/mol. The van der Waals surface area contributed by atoms with Gasteiger partial charge in [0, 0.05) is 24.1 Å². The zero-order valence-electron chi connectivity index (χ0n) is 15.0. The van der Waals surface area contributed by atoms with Gasteiger partial charge in [0.1, 0.15) is 5.82 Å². The molecule has 0 aromatic heterocycles. The maximum atomic E-state index is 13.5. The van der Waals surface area contributed by atoms with Crippen molar-refractivity contribution < 1.29 is 18.7 Å². The topological polar surface area (TPSA) is 71.3 Å². The van der Waals surface area contributed by atoms with Crippen molar-refractivity contribution >= 4 is 17.7 Å². The van der Waals surface area contributed by atoms with Gasteiger partial charge in [-0.3, -0.25) is 4.79 Å². The molecule has 0 saturated carbocycles. The third kappa shape index (κ3) is 6.83. The SMILES string of the molecule is CCOc1cc(C#N)ccc1OCC(=O)NCCSCc1ccccc1F. The van der Waals surface area contributed by atoms with Crippen LogP contribution in [0.1, 0.15) is 18.1 Å². The lowest BCUT2D eigenvalue weighted by molar-refractivity contribution is -0.122. The van der Waals surface area contributed by atoms with Crippen LogP contribution < -0.4 is 14.8 Å². The summed E-state index contributed by atoms with van der Waals surface area (Å²) in [6, 6.07) is 13.5. The molecular formula is C20H21FN2O3S. The molecule has 0 aliphatic rings. The van der Waals surface area contributed by atoms with Gasteiger partial charge >= 0.3 is 0 Å². The summed E-state index contributed by atoms with van der Waals surface area (Å²) in [7, 11) is 0. The van der Waals surface area contributed by atoms with Crippen LogP contribution in [0.4, 0.5) is 4.39 Å². The highest BCUT2D eigenvalue weighted by Crippen LogP contribution is 2.28. The Morgan fingerprint density at radius 3 is 2.78 bits per heavy atom. The first-order valence-corrected chi connectivity index (χ1v) is 9.67. The number of amides is 1. The van der Waals surface area contributed by atoms with Crippen LogP contribution in [0.25, 0.3) is 0 Å². The van der Waals surface area contributed by atoms with Gasteiger partial charge in [-0.05, 0) is 30.7 Å². The monoisotopic (exact) mass is 388 g/mol. The van der Waals surface area contributed by atoms with E-state index in [4.69, 9.17) is 14.7 Å². The van der Waals surface area contributed by atoms with E-state index < -0.39 is 0 Å². The maximum absolute atomic E-state index is 13.5. The number of hydrogen-bond donors (Lipinski definition) is 1. The van der Waals surface area contributed by atoms with Crippen molar-refractivity contribution in [2.24, 2.45) is 0 Å². The van der Waals surface area contributed by atoms with E-state index in [-0.39, 0.29) is 18.3 Å². The molecule has 0 atom stereocenters. The number of ether oxygens (including phenoxy) is 2. The molecule has 1 amide bonds. The summed E-state index contributed by atoms with van der Waals surface area (Å²) in [5.74, 6) is 1.61. The van der Waals surface area contributed by atoms with Gasteiger partial charge in [-0.1, -0.05) is 18.2 Å². The van der Waals surface area contributed by atoms with E-state index in [0.29, 0.717) is 47.3 Å². The van der Waals surface area contributed by atoms with Crippen molar-refractivity contribution in [2.75, 3.05) is 25.5 Å². The molecule has 2 aromatic rings. The fraction of sp³-hybridized carbons (Fsp3) is 0.300. The lowest BCUT2D eigenvalue weighted by Gasteiger charge is -2.12. The van der Waals surface area contributed by atoms with Gasteiger partial charge in [0.15, 0.2) is 18.1 Å². The van der Waals surface area contributed by atoms with Gasteiger partial charge in [0.05, 0.1) is 18.2 Å². The number of nitriles is 1. The summed E-state index contributed by atoms with van der Waals surface area (Å²) < 4.78 is 24.4. The normalized spacial score (nSPS) is 10.1. The van der Waals surface area contributed by atoms with E-state index >= 15 is 0 Å². The number of nitrogens with zero attached hydrogens (tertiary/aromatic N) is 1. The first-order valence-electron chi connectivity index (χ1n) is 8.51. The number of benzene rings is 2. The van der Waals surface area contributed by atoms with Gasteiger partial charge in [-0.15, -0.1) is 0 Å². The smallest absolute Gasteiger partial charge is 0.257 e. The molecule has 0 heterocycles. The van der Waals surface area contributed by atoms with Crippen LogP contribution in [-0.2, 0) is 10.5 Å². The second-order valence-electron chi connectivity index (χ2n) is 5.49. The van der Waals surface area contributed by atoms with Gasteiger partial charge < -0.3 is 14.8 Å². The molecule has 0 spiro atoms. The van der Waals surface area contributed by atoms with E-state index in [0.717, 1.165) is 0 Å². The predicted octanol–water partition coefficient (Wildman–Crippen LogP) is 3.52. The Hall–Kier alpha value is -2.72. The Morgan fingerprint density at radius 1 is 1.22 bits per heavy atom. The minimum absolute atomic E-state index is 0.149. The van der Waals surface area contributed by atoms with Gasteiger partial charge in [0.2, 0.25) is 0 Å². The zero-order valence-corrected chi connectivity index (χ0v) is 15.9. The first-order chi connectivity index (χ1) is 13.1. The largest absolute Gasteiger partial charge is 0.490 e. The van der Waals surface area contributed by atoms with Crippen LogP contribution in [0, 0.1) is 17.1 Å². The number of halogens is 1. The number of rotatable bonds is 10. The number of thioether (sulfide) groups is 1. The third-order valence-corrected chi connectivity index (χ3v) is 4.52. The van der Waals surface area contributed by atoms with Crippen LogP contribution in [0.15, 0.2) is 42.5 Å². The molecule has 27 heavy (non-hydrogen) atoms. The summed E-state index contributed by atoms with van der Waals surface area (Å²) in [4.78, 5) is 11.9. The Bertz CT molecular complexity index is 808. The molecule has 0 fully saturated rings. The molecule has 7 heteroatoms. The fourth-order valence-corrected chi connectivity index (χ4v) is 3.06. The molecule has 0 saturated heterocycles. The van der Waals surface area contributed by atoms with Crippen molar-refractivity contribution in [3.05, 3.63) is 59.4 Å². The highest BCUT2D eigenvalue weighted by atomic mass is 32.2. The minimum Gasteiger partial charge on any atom is -0.490 e. The summed E-state index contributed by atoms with van der Waals surface area (Å²) in [6.07, 6.45) is 0. The van der Waals surface area contributed by atoms with Crippen LogP contribution in [0.3, 0.4) is 0 Å². The molecule has 0 aliphatic heterocycles. The van der Waals surface area contributed by atoms with Crippen LogP contribution in [0.5, 0.6) is 11.5 Å². The second kappa shape index (κ2) is 11.1. The molecule has 0 radical (unpaired) electrons. The van der Waals surface area contributed by atoms with Crippen LogP contribution >= 0.6 is 11.8 Å². The average Bonchev–Trinajstić information content (AvgIpc) is 2.68. The highest BCUT2D eigenvalue weighted by molar-refractivity contribution is 7.98. The molecule has 5 nitrogen and oxygen atoms in total. The lowest BCUT2D eigenvalue weighted by atomic mass is 10.2. The van der Waals surface area contributed by atoms with Crippen molar-refractivity contribution in [2.45, 2.75) is 12.7 Å². The van der Waals surface area contributed by atoms with Crippen molar-refractivity contribution in [3.63, 3.8) is 0 Å². The van der Waals surface area contributed by atoms with Crippen molar-refractivity contribution in [3.8, 4) is 17.6 Å². The van der Waals surface area contributed by atoms with E-state index in [1.165, 1.54) is 6.07 Å². The molecule has 1 N–H and O–H groups in total. The minimum atomic E-state index is -0.256. The molecule has 142 valence electrons. The quantitative estimate of drug-likeness (QED) is 0.631. The fourth-order valence-electron chi connectivity index (χ4n) is 2.22. The summed E-state index contributed by atoms with van der Waals surface area (Å²) in [5, 5.41) is 11.7. The van der Waals surface area contributed by atoms with Crippen molar-refractivity contribution in [1.82, 2.24) is 5.32 Å². The van der Waals surface area contributed by atoms with E-state index in [1.807, 2.05) is 13.0 Å². The molecule has 0 bridgehead atoms. The molecule has 0 aliphatic carbocycles.